The lowest BCUT2D eigenvalue weighted by Crippen LogP contribution is -1.85. The highest BCUT2D eigenvalue weighted by molar-refractivity contribution is 5.78. The Morgan fingerprint density at radius 2 is 1.44 bits per heavy atom. The van der Waals surface area contributed by atoms with Crippen LogP contribution in [0.3, 0.4) is 0 Å². The predicted molar refractivity (Wildman–Crippen MR) is 75.5 cm³/mol. The smallest absolute Gasteiger partial charge is 0.135 e. The minimum Gasteiger partial charge on any atom is -0.392 e. The average molecular weight is 237 g/mol. The number of oxime groups is 1. The molecule has 0 aliphatic rings. The lowest BCUT2D eigenvalue weighted by Gasteiger charge is -1.94. The normalized spacial score (nSPS) is 11.1. The zero-order valence-electron chi connectivity index (χ0n) is 10.1. The molecule has 2 nitrogen and oxygen atoms in total. The van der Waals surface area contributed by atoms with E-state index in [-0.39, 0.29) is 0 Å². The summed E-state index contributed by atoms with van der Waals surface area (Å²) in [5.74, 6) is 0. The second-order valence-corrected chi connectivity index (χ2v) is 3.75. The summed E-state index contributed by atoms with van der Waals surface area (Å²) in [6.45, 7) is 0.470. The highest BCUT2D eigenvalue weighted by Gasteiger charge is 1.84. The Morgan fingerprint density at radius 3 is 2.11 bits per heavy atom. The molecule has 0 atom stereocenters. The van der Waals surface area contributed by atoms with E-state index in [9.17, 15) is 0 Å². The van der Waals surface area contributed by atoms with Gasteiger partial charge in [0.1, 0.15) is 6.61 Å². The molecule has 90 valence electrons. The maximum absolute atomic E-state index is 5.14. The summed E-state index contributed by atoms with van der Waals surface area (Å²) < 4.78 is 0. The van der Waals surface area contributed by atoms with Crippen molar-refractivity contribution < 1.29 is 4.84 Å². The molecule has 0 radical (unpaired) electrons. The number of hydrogen-bond acceptors (Lipinski definition) is 2. The molecule has 0 amide bonds. The van der Waals surface area contributed by atoms with Crippen LogP contribution in [0, 0.1) is 0 Å². The molecule has 0 saturated carbocycles. The Kier molecular flexibility index (Phi) is 4.76. The molecular weight excluding hydrogens is 222 g/mol. The van der Waals surface area contributed by atoms with Gasteiger partial charge in [0.05, 0.1) is 6.21 Å². The molecule has 18 heavy (non-hydrogen) atoms. The van der Waals surface area contributed by atoms with Gasteiger partial charge < -0.3 is 4.84 Å². The van der Waals surface area contributed by atoms with E-state index in [1.54, 1.807) is 6.21 Å². The molecular formula is C16H15NO. The second-order valence-electron chi connectivity index (χ2n) is 3.75. The molecule has 2 aromatic carbocycles. The van der Waals surface area contributed by atoms with E-state index < -0.39 is 0 Å². The highest BCUT2D eigenvalue weighted by Crippen LogP contribution is 2.00. The minimum absolute atomic E-state index is 0.470. The molecule has 0 bridgehead atoms. The molecule has 0 aliphatic heterocycles. The van der Waals surface area contributed by atoms with Crippen molar-refractivity contribution in [2.24, 2.45) is 5.16 Å². The summed E-state index contributed by atoms with van der Waals surface area (Å²) in [5.41, 5.74) is 2.19. The maximum Gasteiger partial charge on any atom is 0.135 e. The van der Waals surface area contributed by atoms with E-state index >= 15 is 0 Å². The van der Waals surface area contributed by atoms with Crippen LogP contribution in [-0.4, -0.2) is 12.8 Å². The first-order valence-electron chi connectivity index (χ1n) is 5.87. The van der Waals surface area contributed by atoms with Crippen LogP contribution in [0.15, 0.2) is 71.9 Å². The van der Waals surface area contributed by atoms with Crippen molar-refractivity contribution in [1.82, 2.24) is 0 Å². The summed E-state index contributed by atoms with van der Waals surface area (Å²) in [7, 11) is 0. The van der Waals surface area contributed by atoms with Crippen molar-refractivity contribution in [3.8, 4) is 0 Å². The van der Waals surface area contributed by atoms with Crippen LogP contribution in [0.25, 0.3) is 6.08 Å². The molecule has 0 fully saturated rings. The van der Waals surface area contributed by atoms with Crippen molar-refractivity contribution in [2.75, 3.05) is 6.61 Å². The molecule has 0 saturated heterocycles. The number of benzene rings is 2. The molecule has 0 N–H and O–H groups in total. The van der Waals surface area contributed by atoms with Gasteiger partial charge in [-0.1, -0.05) is 71.9 Å². The standard InChI is InChI=1S/C16H15NO/c1-3-8-15(9-4-1)12-7-13-18-17-14-16-10-5-2-6-11-16/h1-12,14H,13H2/b12-7+,17-14+. The van der Waals surface area contributed by atoms with Gasteiger partial charge in [0.15, 0.2) is 0 Å². The molecule has 0 spiro atoms. The van der Waals surface area contributed by atoms with E-state index in [4.69, 9.17) is 4.84 Å². The fourth-order valence-electron chi connectivity index (χ4n) is 1.47. The zero-order chi connectivity index (χ0) is 12.5. The average Bonchev–Trinajstić information content (AvgIpc) is 2.45. The Morgan fingerprint density at radius 1 is 0.833 bits per heavy atom. The van der Waals surface area contributed by atoms with Gasteiger partial charge >= 0.3 is 0 Å². The third kappa shape index (κ3) is 4.26. The topological polar surface area (TPSA) is 21.6 Å². The van der Waals surface area contributed by atoms with E-state index in [1.165, 1.54) is 0 Å². The zero-order valence-corrected chi connectivity index (χ0v) is 10.1. The van der Waals surface area contributed by atoms with E-state index in [1.807, 2.05) is 72.8 Å². The summed E-state index contributed by atoms with van der Waals surface area (Å²) in [6, 6.07) is 20.0. The van der Waals surface area contributed by atoms with E-state index in [0.29, 0.717) is 6.61 Å². The molecule has 0 heterocycles. The van der Waals surface area contributed by atoms with Gasteiger partial charge in [-0.15, -0.1) is 0 Å². The van der Waals surface area contributed by atoms with E-state index in [2.05, 4.69) is 5.16 Å². The van der Waals surface area contributed by atoms with Crippen LogP contribution in [0.2, 0.25) is 0 Å². The molecule has 2 heteroatoms. The van der Waals surface area contributed by atoms with Crippen LogP contribution < -0.4 is 0 Å². The Labute approximate surface area is 107 Å². The predicted octanol–water partition coefficient (Wildman–Crippen LogP) is 3.75. The van der Waals surface area contributed by atoms with Crippen LogP contribution in [0.4, 0.5) is 0 Å². The van der Waals surface area contributed by atoms with Crippen LogP contribution in [0.5, 0.6) is 0 Å². The fourth-order valence-corrected chi connectivity index (χ4v) is 1.47. The van der Waals surface area contributed by atoms with Crippen LogP contribution >= 0.6 is 0 Å². The lowest BCUT2D eigenvalue weighted by molar-refractivity contribution is 0.177. The molecule has 0 unspecified atom stereocenters. The van der Waals surface area contributed by atoms with Gasteiger partial charge in [-0.2, -0.15) is 0 Å². The summed E-state index contributed by atoms with van der Waals surface area (Å²) in [4.78, 5) is 5.14. The van der Waals surface area contributed by atoms with E-state index in [0.717, 1.165) is 11.1 Å². The second kappa shape index (κ2) is 7.07. The quantitative estimate of drug-likeness (QED) is 0.441. The lowest BCUT2D eigenvalue weighted by atomic mass is 10.2. The minimum atomic E-state index is 0.470. The largest absolute Gasteiger partial charge is 0.392 e. The van der Waals surface area contributed by atoms with Crippen molar-refractivity contribution in [3.05, 3.63) is 77.9 Å². The van der Waals surface area contributed by atoms with Crippen LogP contribution in [-0.2, 0) is 4.84 Å². The first-order chi connectivity index (χ1) is 8.95. The summed E-state index contributed by atoms with van der Waals surface area (Å²) >= 11 is 0. The Balaban J connectivity index is 1.73. The highest BCUT2D eigenvalue weighted by atomic mass is 16.6. The van der Waals surface area contributed by atoms with Gasteiger partial charge in [-0.05, 0) is 17.2 Å². The van der Waals surface area contributed by atoms with Crippen molar-refractivity contribution >= 4 is 12.3 Å². The third-order valence-corrected chi connectivity index (χ3v) is 2.36. The maximum atomic E-state index is 5.14. The number of nitrogens with zero attached hydrogens (tertiary/aromatic N) is 1. The van der Waals surface area contributed by atoms with Crippen molar-refractivity contribution in [2.45, 2.75) is 0 Å². The summed E-state index contributed by atoms with van der Waals surface area (Å²) in [5, 5.41) is 3.90. The molecule has 0 aliphatic carbocycles. The monoisotopic (exact) mass is 237 g/mol. The number of hydrogen-bond donors (Lipinski definition) is 0. The van der Waals surface area contributed by atoms with Crippen molar-refractivity contribution in [1.29, 1.82) is 0 Å². The van der Waals surface area contributed by atoms with Gasteiger partial charge in [-0.25, -0.2) is 0 Å². The number of rotatable bonds is 5. The molecule has 2 aromatic rings. The summed E-state index contributed by atoms with van der Waals surface area (Å²) in [6.07, 6.45) is 5.66. The van der Waals surface area contributed by atoms with Gasteiger partial charge in [0.25, 0.3) is 0 Å². The Hall–Kier alpha value is -2.35. The molecule has 2 rings (SSSR count). The molecule has 0 aromatic heterocycles. The first kappa shape index (κ1) is 12.1. The SMILES string of the molecule is C(=C\c1ccccc1)/CO/N=C/c1ccccc1. The van der Waals surface area contributed by atoms with Crippen LogP contribution in [0.1, 0.15) is 11.1 Å². The third-order valence-electron chi connectivity index (χ3n) is 2.36. The fraction of sp³-hybridized carbons (Fsp3) is 0.0625. The Bertz CT molecular complexity index is 454. The van der Waals surface area contributed by atoms with Crippen molar-refractivity contribution in [3.63, 3.8) is 0 Å². The first-order valence-corrected chi connectivity index (χ1v) is 5.87. The van der Waals surface area contributed by atoms with Gasteiger partial charge in [0, 0.05) is 0 Å². The van der Waals surface area contributed by atoms with Gasteiger partial charge in [0.2, 0.25) is 0 Å². The van der Waals surface area contributed by atoms with Gasteiger partial charge in [-0.3, -0.25) is 0 Å².